The van der Waals surface area contributed by atoms with Gasteiger partial charge in [-0.15, -0.1) is 0 Å². The highest BCUT2D eigenvalue weighted by Gasteiger charge is 2.22. The summed E-state index contributed by atoms with van der Waals surface area (Å²) in [6, 6.07) is 1.55. The lowest BCUT2D eigenvalue weighted by atomic mass is 10.1. The molecule has 0 N–H and O–H groups in total. The summed E-state index contributed by atoms with van der Waals surface area (Å²) in [5.74, 6) is -1.20. The Labute approximate surface area is 98.7 Å². The predicted octanol–water partition coefficient (Wildman–Crippen LogP) is 1.60. The first kappa shape index (κ1) is 13.2. The van der Waals surface area contributed by atoms with Crippen LogP contribution in [0.1, 0.15) is 35.2 Å². The largest absolute Gasteiger partial charge is 0.466 e. The smallest absolute Gasteiger partial charge is 0.375 e. The third-order valence-corrected chi connectivity index (χ3v) is 2.17. The molecule has 5 heteroatoms. The number of furan rings is 1. The minimum absolute atomic E-state index is 0.114. The van der Waals surface area contributed by atoms with Gasteiger partial charge < -0.3 is 9.15 Å². The number of esters is 1. The molecule has 92 valence electrons. The second kappa shape index (κ2) is 5.43. The molecule has 0 fully saturated rings. The second-order valence-electron chi connectivity index (χ2n) is 3.57. The highest BCUT2D eigenvalue weighted by atomic mass is 16.5. The molecule has 0 radical (unpaired) electrons. The summed E-state index contributed by atoms with van der Waals surface area (Å²) in [4.78, 5) is 34.1. The molecule has 0 bridgehead atoms. The number of ketones is 2. The molecule has 5 nitrogen and oxygen atoms in total. The van der Waals surface area contributed by atoms with Crippen molar-refractivity contribution in [2.75, 3.05) is 6.61 Å². The molecular weight excluding hydrogens is 224 g/mol. The fourth-order valence-corrected chi connectivity index (χ4v) is 1.43. The van der Waals surface area contributed by atoms with Crippen LogP contribution in [0, 0.1) is 13.8 Å². The standard InChI is InChI=1S/C12H14O5/c1-4-16-12(15)11(14)6-10(13)9-5-7(2)17-8(9)3/h5H,4,6H2,1-3H3. The summed E-state index contributed by atoms with van der Waals surface area (Å²) in [7, 11) is 0. The average Bonchev–Trinajstić information content (AvgIpc) is 2.58. The molecule has 1 aromatic rings. The zero-order valence-corrected chi connectivity index (χ0v) is 10.0. The first-order valence-corrected chi connectivity index (χ1v) is 5.25. The Bertz CT molecular complexity index is 455. The normalized spacial score (nSPS) is 10.1. The Morgan fingerprint density at radius 2 is 1.94 bits per heavy atom. The Kier molecular flexibility index (Phi) is 4.20. The van der Waals surface area contributed by atoms with E-state index in [9.17, 15) is 14.4 Å². The third-order valence-electron chi connectivity index (χ3n) is 2.17. The van der Waals surface area contributed by atoms with Crippen molar-refractivity contribution in [1.82, 2.24) is 0 Å². The first-order chi connectivity index (χ1) is 7.95. The Morgan fingerprint density at radius 3 is 2.41 bits per heavy atom. The summed E-state index contributed by atoms with van der Waals surface area (Å²) in [6.45, 7) is 5.05. The van der Waals surface area contributed by atoms with Crippen molar-refractivity contribution in [1.29, 1.82) is 0 Å². The Hall–Kier alpha value is -1.91. The maximum atomic E-state index is 11.7. The van der Waals surface area contributed by atoms with Gasteiger partial charge in [-0.3, -0.25) is 9.59 Å². The minimum atomic E-state index is -0.973. The highest BCUT2D eigenvalue weighted by molar-refractivity contribution is 6.38. The number of Topliss-reactive ketones (excluding diaryl/α,β-unsaturated/α-hetero) is 2. The van der Waals surface area contributed by atoms with E-state index in [4.69, 9.17) is 4.42 Å². The summed E-state index contributed by atoms with van der Waals surface area (Å²) in [5, 5.41) is 0. The van der Waals surface area contributed by atoms with Crippen molar-refractivity contribution in [3.63, 3.8) is 0 Å². The fourth-order valence-electron chi connectivity index (χ4n) is 1.43. The van der Waals surface area contributed by atoms with Gasteiger partial charge in [-0.25, -0.2) is 4.79 Å². The number of hydrogen-bond donors (Lipinski definition) is 0. The zero-order valence-electron chi connectivity index (χ0n) is 10.0. The van der Waals surface area contributed by atoms with E-state index in [2.05, 4.69) is 4.74 Å². The monoisotopic (exact) mass is 238 g/mol. The topological polar surface area (TPSA) is 73.6 Å². The molecule has 0 spiro atoms. The van der Waals surface area contributed by atoms with E-state index in [1.165, 1.54) is 0 Å². The molecule has 0 saturated heterocycles. The van der Waals surface area contributed by atoms with Crippen LogP contribution in [-0.2, 0) is 14.3 Å². The summed E-state index contributed by atoms with van der Waals surface area (Å²) in [6.07, 6.45) is -0.487. The van der Waals surface area contributed by atoms with Crippen LogP contribution in [-0.4, -0.2) is 24.1 Å². The zero-order chi connectivity index (χ0) is 13.0. The van der Waals surface area contributed by atoms with Crippen LogP contribution >= 0.6 is 0 Å². The number of aryl methyl sites for hydroxylation is 2. The number of carbonyl (C=O) groups is 3. The molecule has 1 aromatic heterocycles. The maximum Gasteiger partial charge on any atom is 0.375 e. The third kappa shape index (κ3) is 3.27. The van der Waals surface area contributed by atoms with E-state index >= 15 is 0 Å². The number of carbonyl (C=O) groups excluding carboxylic acids is 3. The van der Waals surface area contributed by atoms with Gasteiger partial charge in [-0.1, -0.05) is 0 Å². The summed E-state index contributed by atoms with van der Waals surface area (Å²) in [5.41, 5.74) is 0.333. The molecule has 0 saturated carbocycles. The van der Waals surface area contributed by atoms with Crippen molar-refractivity contribution in [3.05, 3.63) is 23.2 Å². The van der Waals surface area contributed by atoms with E-state index in [1.54, 1.807) is 26.8 Å². The van der Waals surface area contributed by atoms with Crippen molar-refractivity contribution in [3.8, 4) is 0 Å². The van der Waals surface area contributed by atoms with Gasteiger partial charge in [-0.05, 0) is 26.8 Å². The molecule has 0 atom stereocenters. The van der Waals surface area contributed by atoms with E-state index in [0.29, 0.717) is 17.1 Å². The molecule has 1 rings (SSSR count). The second-order valence-corrected chi connectivity index (χ2v) is 3.57. The molecule has 1 heterocycles. The Balaban J connectivity index is 2.70. The number of rotatable bonds is 5. The molecule has 17 heavy (non-hydrogen) atoms. The highest BCUT2D eigenvalue weighted by Crippen LogP contribution is 2.15. The van der Waals surface area contributed by atoms with Crippen LogP contribution in [0.25, 0.3) is 0 Å². The van der Waals surface area contributed by atoms with Gasteiger partial charge in [-0.2, -0.15) is 0 Å². The van der Waals surface area contributed by atoms with E-state index in [-0.39, 0.29) is 6.61 Å². The van der Waals surface area contributed by atoms with Crippen LogP contribution in [0.4, 0.5) is 0 Å². The molecule has 0 aliphatic carbocycles. The molecule has 0 amide bonds. The van der Waals surface area contributed by atoms with Crippen LogP contribution in [0.5, 0.6) is 0 Å². The van der Waals surface area contributed by atoms with Crippen LogP contribution in [0.15, 0.2) is 10.5 Å². The molecule has 0 aliphatic heterocycles. The van der Waals surface area contributed by atoms with Gasteiger partial charge in [0.1, 0.15) is 11.5 Å². The van der Waals surface area contributed by atoms with Gasteiger partial charge >= 0.3 is 5.97 Å². The van der Waals surface area contributed by atoms with E-state index in [0.717, 1.165) is 0 Å². The maximum absolute atomic E-state index is 11.7. The van der Waals surface area contributed by atoms with Crippen molar-refractivity contribution >= 4 is 17.5 Å². The van der Waals surface area contributed by atoms with E-state index in [1.807, 2.05) is 0 Å². The van der Waals surface area contributed by atoms with Gasteiger partial charge in [0.25, 0.3) is 0 Å². The lowest BCUT2D eigenvalue weighted by Crippen LogP contribution is -2.20. The minimum Gasteiger partial charge on any atom is -0.466 e. The van der Waals surface area contributed by atoms with Gasteiger partial charge in [0.15, 0.2) is 5.78 Å². The van der Waals surface area contributed by atoms with Gasteiger partial charge in [0.2, 0.25) is 5.78 Å². The summed E-state index contributed by atoms with van der Waals surface area (Å²) < 4.78 is 9.69. The average molecular weight is 238 g/mol. The molecule has 0 aromatic carbocycles. The molecule has 0 unspecified atom stereocenters. The first-order valence-electron chi connectivity index (χ1n) is 5.25. The van der Waals surface area contributed by atoms with Gasteiger partial charge in [0, 0.05) is 0 Å². The fraction of sp³-hybridized carbons (Fsp3) is 0.417. The molecular formula is C12H14O5. The van der Waals surface area contributed by atoms with Crippen LogP contribution in [0.2, 0.25) is 0 Å². The Morgan fingerprint density at radius 1 is 1.29 bits per heavy atom. The van der Waals surface area contributed by atoms with Crippen LogP contribution in [0.3, 0.4) is 0 Å². The SMILES string of the molecule is CCOC(=O)C(=O)CC(=O)c1cc(C)oc1C. The van der Waals surface area contributed by atoms with Crippen molar-refractivity contribution < 1.29 is 23.5 Å². The van der Waals surface area contributed by atoms with E-state index < -0.39 is 24.0 Å². The molecule has 0 aliphatic rings. The quantitative estimate of drug-likeness (QED) is 0.337. The summed E-state index contributed by atoms with van der Waals surface area (Å²) >= 11 is 0. The predicted molar refractivity (Wildman–Crippen MR) is 58.8 cm³/mol. The lowest BCUT2D eigenvalue weighted by Gasteiger charge is -1.99. The number of hydrogen-bond acceptors (Lipinski definition) is 5. The van der Waals surface area contributed by atoms with Crippen molar-refractivity contribution in [2.24, 2.45) is 0 Å². The van der Waals surface area contributed by atoms with Crippen molar-refractivity contribution in [2.45, 2.75) is 27.2 Å². The van der Waals surface area contributed by atoms with Crippen LogP contribution < -0.4 is 0 Å². The lowest BCUT2D eigenvalue weighted by molar-refractivity contribution is -0.153. The van der Waals surface area contributed by atoms with Gasteiger partial charge in [0.05, 0.1) is 18.6 Å². The number of ether oxygens (including phenoxy) is 1.